The highest BCUT2D eigenvalue weighted by molar-refractivity contribution is 4.75. The lowest BCUT2D eigenvalue weighted by Crippen LogP contribution is -2.42. The van der Waals surface area contributed by atoms with E-state index in [2.05, 4.69) is 24.2 Å². The molecule has 0 bridgehead atoms. The maximum absolute atomic E-state index is 9.47. The van der Waals surface area contributed by atoms with Gasteiger partial charge < -0.3 is 15.3 Å². The fourth-order valence-electron chi connectivity index (χ4n) is 2.01. The monoisotopic (exact) mass is 200 g/mol. The summed E-state index contributed by atoms with van der Waals surface area (Å²) >= 11 is 0. The summed E-state index contributed by atoms with van der Waals surface area (Å²) in [4.78, 5) is 2.28. The molecule has 0 aliphatic carbocycles. The second-order valence-corrected chi connectivity index (χ2v) is 4.61. The van der Waals surface area contributed by atoms with Gasteiger partial charge in [-0.2, -0.15) is 0 Å². The molecule has 1 rings (SSSR count). The highest BCUT2D eigenvalue weighted by Gasteiger charge is 2.19. The lowest BCUT2D eigenvalue weighted by molar-refractivity contribution is 0.0739. The molecule has 0 aromatic heterocycles. The van der Waals surface area contributed by atoms with E-state index in [1.54, 1.807) is 0 Å². The molecule has 1 heterocycles. The molecule has 14 heavy (non-hydrogen) atoms. The van der Waals surface area contributed by atoms with Crippen molar-refractivity contribution in [1.82, 2.24) is 10.2 Å². The Labute approximate surface area is 87.5 Å². The first-order chi connectivity index (χ1) is 6.61. The molecule has 0 aromatic carbocycles. The van der Waals surface area contributed by atoms with E-state index >= 15 is 0 Å². The van der Waals surface area contributed by atoms with Gasteiger partial charge in [0.15, 0.2) is 0 Å². The second kappa shape index (κ2) is 5.69. The average molecular weight is 200 g/mol. The third-order valence-electron chi connectivity index (χ3n) is 3.40. The zero-order valence-corrected chi connectivity index (χ0v) is 9.66. The van der Waals surface area contributed by atoms with Crippen molar-refractivity contribution >= 4 is 0 Å². The Hall–Kier alpha value is -0.120. The number of likely N-dealkylation sites (N-methyl/N-ethyl adjacent to an activating group) is 1. The topological polar surface area (TPSA) is 35.5 Å². The third-order valence-corrected chi connectivity index (χ3v) is 3.40. The fourth-order valence-corrected chi connectivity index (χ4v) is 2.01. The van der Waals surface area contributed by atoms with Gasteiger partial charge in [0.05, 0.1) is 6.10 Å². The van der Waals surface area contributed by atoms with Gasteiger partial charge in [-0.05, 0) is 52.7 Å². The van der Waals surface area contributed by atoms with E-state index in [0.717, 1.165) is 25.6 Å². The number of piperidine rings is 1. The smallest absolute Gasteiger partial charge is 0.0664 e. The Bertz CT molecular complexity index is 155. The molecular formula is C11H24N2O. The molecule has 1 fully saturated rings. The normalized spacial score (nSPS) is 23.8. The van der Waals surface area contributed by atoms with Gasteiger partial charge in [0.1, 0.15) is 0 Å². The van der Waals surface area contributed by atoms with Crippen molar-refractivity contribution < 1.29 is 5.11 Å². The van der Waals surface area contributed by atoms with E-state index in [9.17, 15) is 5.11 Å². The van der Waals surface area contributed by atoms with Crippen LogP contribution in [0, 0.1) is 5.92 Å². The lowest BCUT2D eigenvalue weighted by Gasteiger charge is -2.32. The molecule has 2 atom stereocenters. The third kappa shape index (κ3) is 3.56. The van der Waals surface area contributed by atoms with E-state index in [1.807, 2.05) is 6.92 Å². The van der Waals surface area contributed by atoms with Crippen LogP contribution in [0.2, 0.25) is 0 Å². The second-order valence-electron chi connectivity index (χ2n) is 4.61. The number of rotatable bonds is 4. The summed E-state index contributed by atoms with van der Waals surface area (Å²) in [6.45, 7) is 7.38. The van der Waals surface area contributed by atoms with Crippen molar-refractivity contribution in [3.8, 4) is 0 Å². The molecule has 0 spiro atoms. The fraction of sp³-hybridized carbons (Fsp3) is 1.00. The van der Waals surface area contributed by atoms with Gasteiger partial charge in [-0.25, -0.2) is 0 Å². The van der Waals surface area contributed by atoms with Crippen LogP contribution in [-0.4, -0.2) is 48.8 Å². The Balaban J connectivity index is 2.27. The minimum atomic E-state index is -0.235. The molecule has 1 aliphatic heterocycles. The lowest BCUT2D eigenvalue weighted by atomic mass is 9.97. The van der Waals surface area contributed by atoms with Crippen LogP contribution in [0.3, 0.4) is 0 Å². The summed E-state index contributed by atoms with van der Waals surface area (Å²) in [6, 6.07) is 0.268. The van der Waals surface area contributed by atoms with Gasteiger partial charge >= 0.3 is 0 Å². The Morgan fingerprint density at radius 2 is 1.93 bits per heavy atom. The number of nitrogens with zero attached hydrogens (tertiary/aromatic N) is 1. The summed E-state index contributed by atoms with van der Waals surface area (Å²) < 4.78 is 0. The molecule has 3 heteroatoms. The molecule has 1 saturated heterocycles. The SMILES string of the molecule is CC(O)C(C)N(C)CC1CCNCC1. The van der Waals surface area contributed by atoms with Crippen molar-refractivity contribution in [3.63, 3.8) is 0 Å². The predicted octanol–water partition coefficient (Wildman–Crippen LogP) is 0.687. The number of aliphatic hydroxyl groups is 1. The van der Waals surface area contributed by atoms with Crippen LogP contribution in [0.25, 0.3) is 0 Å². The van der Waals surface area contributed by atoms with Crippen molar-refractivity contribution in [3.05, 3.63) is 0 Å². The molecule has 0 aromatic rings. The minimum Gasteiger partial charge on any atom is -0.392 e. The summed E-state index contributed by atoms with van der Waals surface area (Å²) in [5.41, 5.74) is 0. The molecule has 84 valence electrons. The first kappa shape index (κ1) is 12.0. The van der Waals surface area contributed by atoms with Gasteiger partial charge in [0.25, 0.3) is 0 Å². The number of nitrogens with one attached hydrogen (secondary N) is 1. The van der Waals surface area contributed by atoms with E-state index < -0.39 is 0 Å². The Morgan fingerprint density at radius 1 is 1.36 bits per heavy atom. The van der Waals surface area contributed by atoms with E-state index in [-0.39, 0.29) is 12.1 Å². The maximum atomic E-state index is 9.47. The standard InChI is InChI=1S/C11H24N2O/c1-9(10(2)14)13(3)8-11-4-6-12-7-5-11/h9-12,14H,4-8H2,1-3H3. The first-order valence-electron chi connectivity index (χ1n) is 5.70. The molecule has 0 radical (unpaired) electrons. The molecular weight excluding hydrogens is 176 g/mol. The molecule has 0 saturated carbocycles. The van der Waals surface area contributed by atoms with E-state index in [4.69, 9.17) is 0 Å². The van der Waals surface area contributed by atoms with Crippen LogP contribution < -0.4 is 5.32 Å². The van der Waals surface area contributed by atoms with Crippen LogP contribution >= 0.6 is 0 Å². The zero-order valence-electron chi connectivity index (χ0n) is 9.66. The summed E-state index contributed by atoms with van der Waals surface area (Å²) in [7, 11) is 2.11. The molecule has 2 unspecified atom stereocenters. The van der Waals surface area contributed by atoms with Gasteiger partial charge in [-0.15, -0.1) is 0 Å². The van der Waals surface area contributed by atoms with Gasteiger partial charge in [0, 0.05) is 12.6 Å². The highest BCUT2D eigenvalue weighted by atomic mass is 16.3. The number of hydrogen-bond donors (Lipinski definition) is 2. The van der Waals surface area contributed by atoms with E-state index in [1.165, 1.54) is 12.8 Å². The first-order valence-corrected chi connectivity index (χ1v) is 5.70. The molecule has 3 nitrogen and oxygen atoms in total. The Morgan fingerprint density at radius 3 is 2.43 bits per heavy atom. The average Bonchev–Trinajstić information content (AvgIpc) is 2.18. The van der Waals surface area contributed by atoms with Gasteiger partial charge in [-0.1, -0.05) is 0 Å². The van der Waals surface area contributed by atoms with Crippen molar-refractivity contribution in [1.29, 1.82) is 0 Å². The van der Waals surface area contributed by atoms with Crippen molar-refractivity contribution in [2.75, 3.05) is 26.7 Å². The highest BCUT2D eigenvalue weighted by Crippen LogP contribution is 2.14. The zero-order chi connectivity index (χ0) is 10.6. The summed E-state index contributed by atoms with van der Waals surface area (Å²) in [6.07, 6.45) is 2.31. The van der Waals surface area contributed by atoms with Gasteiger partial charge in [-0.3, -0.25) is 0 Å². The summed E-state index contributed by atoms with van der Waals surface area (Å²) in [5.74, 6) is 0.808. The van der Waals surface area contributed by atoms with E-state index in [0.29, 0.717) is 0 Å². The van der Waals surface area contributed by atoms with Crippen LogP contribution in [0.4, 0.5) is 0 Å². The van der Waals surface area contributed by atoms with Crippen LogP contribution in [-0.2, 0) is 0 Å². The van der Waals surface area contributed by atoms with Crippen molar-refractivity contribution in [2.24, 2.45) is 5.92 Å². The predicted molar refractivity (Wildman–Crippen MR) is 59.4 cm³/mol. The number of aliphatic hydroxyl groups excluding tert-OH is 1. The molecule has 0 amide bonds. The molecule has 1 aliphatic rings. The quantitative estimate of drug-likeness (QED) is 0.701. The maximum Gasteiger partial charge on any atom is 0.0664 e. The Kier molecular flexibility index (Phi) is 4.85. The minimum absolute atomic E-state index is 0.235. The van der Waals surface area contributed by atoms with Crippen molar-refractivity contribution in [2.45, 2.75) is 38.8 Å². The van der Waals surface area contributed by atoms with Crippen LogP contribution in [0.15, 0.2) is 0 Å². The largest absolute Gasteiger partial charge is 0.392 e. The molecule has 2 N–H and O–H groups in total. The van der Waals surface area contributed by atoms with Crippen LogP contribution in [0.1, 0.15) is 26.7 Å². The van der Waals surface area contributed by atoms with Gasteiger partial charge in [0.2, 0.25) is 0 Å². The summed E-state index contributed by atoms with van der Waals surface area (Å²) in [5, 5.41) is 12.8. The van der Waals surface area contributed by atoms with Crippen LogP contribution in [0.5, 0.6) is 0 Å². The number of hydrogen-bond acceptors (Lipinski definition) is 3.